The van der Waals surface area contributed by atoms with E-state index >= 15 is 0 Å². The minimum Gasteiger partial charge on any atom is -0.376 e. The molecular weight excluding hydrogens is 364 g/mol. The molecule has 148 valence electrons. The lowest BCUT2D eigenvalue weighted by Gasteiger charge is -2.17. The molecule has 2 atom stereocenters. The summed E-state index contributed by atoms with van der Waals surface area (Å²) in [5.74, 6) is 0.412. The molecule has 2 heterocycles. The van der Waals surface area contributed by atoms with E-state index in [-0.39, 0.29) is 23.1 Å². The Kier molecular flexibility index (Phi) is 6.29. The normalized spacial score (nSPS) is 18.7. The van der Waals surface area contributed by atoms with E-state index in [4.69, 9.17) is 10.5 Å². The van der Waals surface area contributed by atoms with Crippen LogP contribution in [0.2, 0.25) is 0 Å². The van der Waals surface area contributed by atoms with Crippen molar-refractivity contribution in [2.45, 2.75) is 69.1 Å². The molecule has 0 amide bonds. The van der Waals surface area contributed by atoms with Crippen molar-refractivity contribution in [1.29, 1.82) is 0 Å². The van der Waals surface area contributed by atoms with Gasteiger partial charge in [0.15, 0.2) is 5.82 Å². The number of nitrogens with two attached hydrogens (primary N) is 1. The zero-order chi connectivity index (χ0) is 19.4. The van der Waals surface area contributed by atoms with Gasteiger partial charge in [0.1, 0.15) is 0 Å². The topological polar surface area (TPSA) is 100 Å². The summed E-state index contributed by atoms with van der Waals surface area (Å²) in [5, 5.41) is 8.17. The van der Waals surface area contributed by atoms with Crippen molar-refractivity contribution in [3.63, 3.8) is 0 Å². The lowest BCUT2D eigenvalue weighted by molar-refractivity contribution is 0.0936. The summed E-state index contributed by atoms with van der Waals surface area (Å²) in [4.78, 5) is 0. The molecule has 1 aromatic carbocycles. The molecule has 0 bridgehead atoms. The minimum atomic E-state index is -3.65. The predicted octanol–water partition coefficient (Wildman–Crippen LogP) is 2.54. The molecule has 27 heavy (non-hydrogen) atoms. The van der Waals surface area contributed by atoms with Crippen molar-refractivity contribution >= 4 is 9.84 Å². The van der Waals surface area contributed by atoms with Crippen LogP contribution in [0.5, 0.6) is 0 Å². The van der Waals surface area contributed by atoms with E-state index in [2.05, 4.69) is 10.2 Å². The van der Waals surface area contributed by atoms with Gasteiger partial charge < -0.3 is 10.5 Å². The average molecular weight is 393 g/mol. The summed E-state index contributed by atoms with van der Waals surface area (Å²) in [5.41, 5.74) is 8.06. The summed E-state index contributed by atoms with van der Waals surface area (Å²) < 4.78 is 33.5. The highest BCUT2D eigenvalue weighted by Gasteiger charge is 2.29. The Balaban J connectivity index is 1.93. The Hall–Kier alpha value is -1.77. The van der Waals surface area contributed by atoms with Gasteiger partial charge >= 0.3 is 0 Å². The van der Waals surface area contributed by atoms with E-state index in [9.17, 15) is 8.42 Å². The maximum Gasteiger partial charge on any atom is 0.250 e. The number of sulfone groups is 1. The first-order valence-corrected chi connectivity index (χ1v) is 11.1. The Morgan fingerprint density at radius 1 is 1.30 bits per heavy atom. The van der Waals surface area contributed by atoms with Crippen LogP contribution in [-0.2, 0) is 26.9 Å². The number of hydrogen-bond acceptors (Lipinski definition) is 6. The lowest BCUT2D eigenvalue weighted by atomic mass is 10.1. The molecule has 8 heteroatoms. The van der Waals surface area contributed by atoms with Crippen molar-refractivity contribution in [2.24, 2.45) is 5.73 Å². The second-order valence-electron chi connectivity index (χ2n) is 7.23. The van der Waals surface area contributed by atoms with E-state index in [0.29, 0.717) is 19.0 Å². The van der Waals surface area contributed by atoms with Gasteiger partial charge in [-0.25, -0.2) is 8.42 Å². The van der Waals surface area contributed by atoms with Crippen LogP contribution in [0.3, 0.4) is 0 Å². The van der Waals surface area contributed by atoms with Crippen LogP contribution < -0.4 is 5.73 Å². The van der Waals surface area contributed by atoms with Crippen LogP contribution in [0.25, 0.3) is 0 Å². The summed E-state index contributed by atoms with van der Waals surface area (Å²) in [6, 6.07) is 7.14. The number of aryl methyl sites for hydroxylation is 1. The lowest BCUT2D eigenvalue weighted by Crippen LogP contribution is -2.24. The highest BCUT2D eigenvalue weighted by atomic mass is 32.2. The van der Waals surface area contributed by atoms with Gasteiger partial charge in [-0.3, -0.25) is 4.57 Å². The Labute approximate surface area is 160 Å². The Morgan fingerprint density at radius 2 is 2.04 bits per heavy atom. The van der Waals surface area contributed by atoms with E-state index in [1.54, 1.807) is 4.57 Å². The number of rotatable bonds is 8. The van der Waals surface area contributed by atoms with Crippen LogP contribution in [0.1, 0.15) is 55.6 Å². The highest BCUT2D eigenvalue weighted by Crippen LogP contribution is 2.24. The number of aromatic nitrogens is 3. The Morgan fingerprint density at radius 3 is 2.67 bits per heavy atom. The van der Waals surface area contributed by atoms with Crippen LogP contribution >= 0.6 is 0 Å². The summed E-state index contributed by atoms with van der Waals surface area (Å²) in [6.07, 6.45) is 3.47. The van der Waals surface area contributed by atoms with E-state index in [0.717, 1.165) is 36.8 Å². The number of ether oxygens (including phenoxy) is 1. The molecule has 2 unspecified atom stereocenters. The van der Waals surface area contributed by atoms with Crippen LogP contribution in [-0.4, -0.2) is 35.9 Å². The van der Waals surface area contributed by atoms with E-state index in [1.807, 2.05) is 38.1 Å². The fraction of sp³-hybridized carbons (Fsp3) is 0.579. The fourth-order valence-electron chi connectivity index (χ4n) is 3.38. The first-order chi connectivity index (χ1) is 12.9. The third-order valence-corrected chi connectivity index (χ3v) is 6.41. The van der Waals surface area contributed by atoms with Gasteiger partial charge in [0, 0.05) is 6.61 Å². The highest BCUT2D eigenvalue weighted by molar-refractivity contribution is 7.90. The number of nitrogens with zero attached hydrogens (tertiary/aromatic N) is 3. The van der Waals surface area contributed by atoms with Gasteiger partial charge in [-0.2, -0.15) is 0 Å². The van der Waals surface area contributed by atoms with Crippen LogP contribution in [0.4, 0.5) is 0 Å². The maximum atomic E-state index is 13.1. The zero-order valence-corrected chi connectivity index (χ0v) is 16.8. The van der Waals surface area contributed by atoms with Crippen molar-refractivity contribution in [3.8, 4) is 0 Å². The predicted molar refractivity (Wildman–Crippen MR) is 103 cm³/mol. The van der Waals surface area contributed by atoms with Crippen LogP contribution in [0, 0.1) is 6.92 Å². The third kappa shape index (κ3) is 4.75. The third-order valence-electron chi connectivity index (χ3n) is 4.84. The molecule has 2 aromatic rings. The maximum absolute atomic E-state index is 13.1. The van der Waals surface area contributed by atoms with Gasteiger partial charge in [-0.15, -0.1) is 10.2 Å². The van der Waals surface area contributed by atoms with E-state index in [1.165, 1.54) is 0 Å². The second-order valence-corrected chi connectivity index (χ2v) is 9.11. The van der Waals surface area contributed by atoms with Gasteiger partial charge in [0.25, 0.3) is 0 Å². The van der Waals surface area contributed by atoms with Crippen LogP contribution in [0.15, 0.2) is 29.4 Å². The van der Waals surface area contributed by atoms with Crippen molar-refractivity contribution in [3.05, 3.63) is 41.2 Å². The number of hydrogen-bond donors (Lipinski definition) is 1. The van der Waals surface area contributed by atoms with Crippen molar-refractivity contribution < 1.29 is 13.2 Å². The molecule has 0 aliphatic carbocycles. The standard InChI is InChI=1S/C19H28N4O3S/c1-3-5-17(20)18-21-22-19(23(18)12-16-6-4-11-26-16)27(24,25)13-15-9-7-14(2)8-10-15/h7-10,16-17H,3-6,11-13,20H2,1-2H3. The van der Waals surface area contributed by atoms with Gasteiger partial charge in [-0.1, -0.05) is 43.2 Å². The molecule has 1 saturated heterocycles. The molecule has 0 spiro atoms. The molecule has 1 aliphatic heterocycles. The molecule has 1 aliphatic rings. The summed E-state index contributed by atoms with van der Waals surface area (Å²) in [7, 11) is -3.65. The summed E-state index contributed by atoms with van der Waals surface area (Å²) >= 11 is 0. The molecule has 2 N–H and O–H groups in total. The zero-order valence-electron chi connectivity index (χ0n) is 16.0. The monoisotopic (exact) mass is 392 g/mol. The summed E-state index contributed by atoms with van der Waals surface area (Å²) in [6.45, 7) is 5.13. The van der Waals surface area contributed by atoms with Gasteiger partial charge in [0.2, 0.25) is 15.0 Å². The van der Waals surface area contributed by atoms with Gasteiger partial charge in [0.05, 0.1) is 24.4 Å². The molecule has 0 saturated carbocycles. The van der Waals surface area contributed by atoms with Crippen molar-refractivity contribution in [2.75, 3.05) is 6.61 Å². The fourth-order valence-corrected chi connectivity index (χ4v) is 4.81. The smallest absolute Gasteiger partial charge is 0.250 e. The molecule has 7 nitrogen and oxygen atoms in total. The quantitative estimate of drug-likeness (QED) is 0.741. The molecule has 3 rings (SSSR count). The van der Waals surface area contributed by atoms with Gasteiger partial charge in [-0.05, 0) is 31.7 Å². The molecule has 0 radical (unpaired) electrons. The Bertz CT molecular complexity index is 856. The largest absolute Gasteiger partial charge is 0.376 e. The SMILES string of the molecule is CCCC(N)c1nnc(S(=O)(=O)Cc2ccc(C)cc2)n1CC1CCCO1. The average Bonchev–Trinajstić information content (AvgIpc) is 3.27. The van der Waals surface area contributed by atoms with E-state index < -0.39 is 9.84 Å². The van der Waals surface area contributed by atoms with Crippen molar-refractivity contribution in [1.82, 2.24) is 14.8 Å². The molecule has 1 fully saturated rings. The minimum absolute atomic E-state index is 0.0138. The first kappa shape index (κ1) is 20.0. The molecular formula is C19H28N4O3S. The molecule has 1 aromatic heterocycles. The first-order valence-electron chi connectivity index (χ1n) is 9.49. The second kappa shape index (κ2) is 8.50. The number of benzene rings is 1.